The van der Waals surface area contributed by atoms with Crippen LogP contribution in [0, 0.1) is 13.8 Å². The van der Waals surface area contributed by atoms with Gasteiger partial charge in [0, 0.05) is 16.8 Å². The van der Waals surface area contributed by atoms with Gasteiger partial charge >= 0.3 is 0 Å². The van der Waals surface area contributed by atoms with Gasteiger partial charge in [0.2, 0.25) is 0 Å². The Morgan fingerprint density at radius 3 is 1.37 bits per heavy atom. The number of hydrogen-bond acceptors (Lipinski definition) is 0. The molecule has 0 aliphatic heterocycles. The summed E-state index contributed by atoms with van der Waals surface area (Å²) in [5, 5.41) is 16.7. The Kier molecular flexibility index (Phi) is 9.19. The normalized spacial score (nSPS) is 12.5. The third kappa shape index (κ3) is 6.51. The van der Waals surface area contributed by atoms with Crippen LogP contribution in [0.3, 0.4) is 0 Å². The van der Waals surface area contributed by atoms with Crippen molar-refractivity contribution in [1.82, 2.24) is 4.57 Å². The lowest BCUT2D eigenvalue weighted by Crippen LogP contribution is -2.18. The van der Waals surface area contributed by atoms with Crippen molar-refractivity contribution >= 4 is 75.5 Å². The van der Waals surface area contributed by atoms with Gasteiger partial charge in [-0.25, -0.2) is 0 Å². The summed E-state index contributed by atoms with van der Waals surface area (Å²) in [4.78, 5) is 0. The van der Waals surface area contributed by atoms with Gasteiger partial charge in [-0.05, 0) is 182 Å². The molecule has 1 heteroatoms. The maximum Gasteiger partial charge on any atom is 0.0540 e. The zero-order chi connectivity index (χ0) is 45.9. The van der Waals surface area contributed by atoms with Crippen LogP contribution in [-0.2, 0) is 10.8 Å². The van der Waals surface area contributed by atoms with Crippen LogP contribution in [0.15, 0.2) is 188 Å². The number of nitrogens with zero attached hydrogens (tertiary/aromatic N) is 1. The average Bonchev–Trinajstić information content (AvgIpc) is 3.57. The van der Waals surface area contributed by atoms with E-state index < -0.39 is 0 Å². The van der Waals surface area contributed by atoms with E-state index in [1.54, 1.807) is 0 Å². The molecular weight excluding hydrogens is 807 g/mol. The number of benzene rings is 11. The standard InChI is InChI=1S/C66H55N/c1-40-41(2)67(50-31-33-54-59(37-50)64(66(6,7)8)58-36-47(42-18-10-9-11-19-42)30-32-53(58)63(54)65(3,4)5)60-39-57-56(38-55(40)60)61(48-28-26-43-20-12-14-22-45(43)34-48)51-24-16-17-25-52(51)62(57)49-29-27-44-21-13-15-23-46(44)35-49/h9-39H,1-8H3. The van der Waals surface area contributed by atoms with Crippen molar-refractivity contribution < 1.29 is 0 Å². The van der Waals surface area contributed by atoms with Crippen molar-refractivity contribution in [1.29, 1.82) is 0 Å². The molecular formula is C66H55N. The van der Waals surface area contributed by atoms with E-state index in [4.69, 9.17) is 0 Å². The smallest absolute Gasteiger partial charge is 0.0540 e. The van der Waals surface area contributed by atoms with Crippen molar-refractivity contribution in [2.45, 2.75) is 66.2 Å². The van der Waals surface area contributed by atoms with Crippen molar-refractivity contribution in [3.05, 3.63) is 210 Å². The Morgan fingerprint density at radius 2 is 0.791 bits per heavy atom. The van der Waals surface area contributed by atoms with Gasteiger partial charge in [0.1, 0.15) is 0 Å². The Labute approximate surface area is 393 Å². The van der Waals surface area contributed by atoms with Crippen LogP contribution in [0.25, 0.3) is 115 Å². The van der Waals surface area contributed by atoms with E-state index in [2.05, 4.69) is 248 Å². The number of hydrogen-bond donors (Lipinski definition) is 0. The van der Waals surface area contributed by atoms with Crippen molar-refractivity contribution in [2.24, 2.45) is 0 Å². The zero-order valence-electron chi connectivity index (χ0n) is 39.8. The third-order valence-electron chi connectivity index (χ3n) is 14.7. The van der Waals surface area contributed by atoms with E-state index in [0.717, 1.165) is 0 Å². The van der Waals surface area contributed by atoms with Crippen molar-refractivity contribution in [3.8, 4) is 39.1 Å². The SMILES string of the molecule is Cc1c(C)n(-c2ccc3c(C(C)(C)C)c4ccc(-c5ccccc5)cc4c(C(C)(C)C)c3c2)c2cc3c(-c4ccc5ccccc5c4)c4ccccc4c(-c4ccc5ccccc5c4)c3cc12. The molecule has 67 heavy (non-hydrogen) atoms. The first-order chi connectivity index (χ1) is 32.3. The predicted molar refractivity (Wildman–Crippen MR) is 291 cm³/mol. The van der Waals surface area contributed by atoms with E-state index in [-0.39, 0.29) is 10.8 Å². The summed E-state index contributed by atoms with van der Waals surface area (Å²) in [5.74, 6) is 0. The minimum atomic E-state index is -0.129. The second kappa shape index (κ2) is 15.0. The van der Waals surface area contributed by atoms with Crippen LogP contribution in [0.1, 0.15) is 63.9 Å². The highest BCUT2D eigenvalue weighted by molar-refractivity contribution is 6.24. The molecule has 0 unspecified atom stereocenters. The fourth-order valence-corrected chi connectivity index (χ4v) is 11.7. The van der Waals surface area contributed by atoms with Crippen molar-refractivity contribution in [2.75, 3.05) is 0 Å². The maximum atomic E-state index is 2.55. The van der Waals surface area contributed by atoms with E-state index in [9.17, 15) is 0 Å². The molecule has 0 radical (unpaired) electrons. The lowest BCUT2D eigenvalue weighted by Gasteiger charge is -2.31. The first-order valence-corrected chi connectivity index (χ1v) is 23.9. The molecule has 0 aliphatic rings. The average molecular weight is 862 g/mol. The van der Waals surface area contributed by atoms with Gasteiger partial charge in [-0.1, -0.05) is 187 Å². The first kappa shape index (κ1) is 41.0. The zero-order valence-corrected chi connectivity index (χ0v) is 39.8. The number of fused-ring (bicyclic) bond motifs is 7. The Hall–Kier alpha value is -7.48. The summed E-state index contributed by atoms with van der Waals surface area (Å²) < 4.78 is 2.55. The van der Waals surface area contributed by atoms with Crippen LogP contribution in [-0.4, -0.2) is 4.57 Å². The van der Waals surface area contributed by atoms with Gasteiger partial charge in [0.05, 0.1) is 5.52 Å². The molecule has 0 atom stereocenters. The molecule has 324 valence electrons. The lowest BCUT2D eigenvalue weighted by molar-refractivity contribution is 0.593. The Balaban J connectivity index is 1.19. The van der Waals surface area contributed by atoms with E-state index in [0.29, 0.717) is 0 Å². The van der Waals surface area contributed by atoms with Crippen LogP contribution in [0.5, 0.6) is 0 Å². The highest BCUT2D eigenvalue weighted by Gasteiger charge is 2.29. The topological polar surface area (TPSA) is 4.93 Å². The summed E-state index contributed by atoms with van der Waals surface area (Å²) in [6, 6.07) is 70.9. The molecule has 0 amide bonds. The number of aryl methyl sites for hydroxylation is 1. The molecule has 12 rings (SSSR count). The molecule has 11 aromatic carbocycles. The summed E-state index contributed by atoms with van der Waals surface area (Å²) in [6.07, 6.45) is 0. The second-order valence-corrected chi connectivity index (χ2v) is 21.0. The molecule has 12 aromatic rings. The van der Waals surface area contributed by atoms with Gasteiger partial charge < -0.3 is 4.57 Å². The Bertz CT molecular complexity index is 4000. The fraction of sp³-hybridized carbons (Fsp3) is 0.152. The van der Waals surface area contributed by atoms with Crippen LogP contribution >= 0.6 is 0 Å². The van der Waals surface area contributed by atoms with Crippen LogP contribution in [0.2, 0.25) is 0 Å². The summed E-state index contributed by atoms with van der Waals surface area (Å²) >= 11 is 0. The predicted octanol–water partition coefficient (Wildman–Crippen LogP) is 18.8. The van der Waals surface area contributed by atoms with Crippen molar-refractivity contribution in [3.63, 3.8) is 0 Å². The molecule has 0 fully saturated rings. The highest BCUT2D eigenvalue weighted by Crippen LogP contribution is 2.49. The molecule has 0 aliphatic carbocycles. The fourth-order valence-electron chi connectivity index (χ4n) is 11.7. The van der Waals surface area contributed by atoms with Crippen LogP contribution < -0.4 is 0 Å². The van der Waals surface area contributed by atoms with Gasteiger partial charge in [-0.15, -0.1) is 0 Å². The van der Waals surface area contributed by atoms with E-state index >= 15 is 0 Å². The lowest BCUT2D eigenvalue weighted by atomic mass is 9.73. The quantitative estimate of drug-likeness (QED) is 0.155. The maximum absolute atomic E-state index is 2.55. The largest absolute Gasteiger partial charge is 0.314 e. The summed E-state index contributed by atoms with van der Waals surface area (Å²) in [7, 11) is 0. The first-order valence-electron chi connectivity index (χ1n) is 23.9. The molecule has 0 spiro atoms. The highest BCUT2D eigenvalue weighted by atomic mass is 15.0. The molecule has 0 saturated carbocycles. The molecule has 1 nitrogen and oxygen atoms in total. The second-order valence-electron chi connectivity index (χ2n) is 21.0. The number of rotatable bonds is 4. The summed E-state index contributed by atoms with van der Waals surface area (Å²) in [6.45, 7) is 18.9. The molecule has 1 aromatic heterocycles. The van der Waals surface area contributed by atoms with Gasteiger partial charge in [-0.3, -0.25) is 0 Å². The van der Waals surface area contributed by atoms with E-state index in [1.807, 2.05) is 0 Å². The van der Waals surface area contributed by atoms with Gasteiger partial charge in [0.15, 0.2) is 0 Å². The van der Waals surface area contributed by atoms with Gasteiger partial charge in [-0.2, -0.15) is 0 Å². The minimum absolute atomic E-state index is 0.0844. The Morgan fingerprint density at radius 1 is 0.313 bits per heavy atom. The monoisotopic (exact) mass is 861 g/mol. The number of aromatic nitrogens is 1. The van der Waals surface area contributed by atoms with Crippen LogP contribution in [0.4, 0.5) is 0 Å². The minimum Gasteiger partial charge on any atom is -0.314 e. The molecule has 0 bridgehead atoms. The molecule has 0 N–H and O–H groups in total. The van der Waals surface area contributed by atoms with Gasteiger partial charge in [0.25, 0.3) is 0 Å². The summed E-state index contributed by atoms with van der Waals surface area (Å²) in [5.41, 5.74) is 15.1. The molecule has 1 heterocycles. The molecule has 0 saturated heterocycles. The van der Waals surface area contributed by atoms with E-state index in [1.165, 1.54) is 137 Å². The third-order valence-corrected chi connectivity index (χ3v) is 14.7.